The van der Waals surface area contributed by atoms with Crippen molar-refractivity contribution in [2.24, 2.45) is 5.73 Å². The van der Waals surface area contributed by atoms with Crippen LogP contribution in [0.5, 0.6) is 0 Å². The average molecular weight is 283 g/mol. The first-order valence-corrected chi connectivity index (χ1v) is 6.70. The van der Waals surface area contributed by atoms with Crippen molar-refractivity contribution >= 4 is 18.3 Å². The van der Waals surface area contributed by atoms with Crippen molar-refractivity contribution in [1.29, 1.82) is 0 Å². The van der Waals surface area contributed by atoms with Gasteiger partial charge in [-0.2, -0.15) is 0 Å². The standard InChI is InChI=1S/C15H22N2O.ClH/c1-10-3-4-11(2)14(9-10)15(18)17-13-7-5-12(16)6-8-13;/h3-4,9,12-13H,5-8,16H2,1-2H3,(H,17,18);1H. The molecule has 0 aromatic heterocycles. The zero-order chi connectivity index (χ0) is 13.1. The zero-order valence-electron chi connectivity index (χ0n) is 11.6. The maximum absolute atomic E-state index is 12.2. The minimum atomic E-state index is 0. The van der Waals surface area contributed by atoms with Gasteiger partial charge in [-0.05, 0) is 51.2 Å². The number of benzene rings is 1. The van der Waals surface area contributed by atoms with Crippen molar-refractivity contribution < 1.29 is 4.79 Å². The summed E-state index contributed by atoms with van der Waals surface area (Å²) in [6.45, 7) is 3.99. The van der Waals surface area contributed by atoms with Gasteiger partial charge in [0.2, 0.25) is 0 Å². The minimum Gasteiger partial charge on any atom is -0.349 e. The molecule has 106 valence electrons. The van der Waals surface area contributed by atoms with Crippen LogP contribution in [0.4, 0.5) is 0 Å². The van der Waals surface area contributed by atoms with Crippen LogP contribution in [-0.4, -0.2) is 18.0 Å². The normalized spacial score (nSPS) is 22.5. The number of rotatable bonds is 2. The van der Waals surface area contributed by atoms with Gasteiger partial charge in [-0.1, -0.05) is 17.7 Å². The Labute approximate surface area is 121 Å². The first kappa shape index (κ1) is 16.0. The van der Waals surface area contributed by atoms with Gasteiger partial charge in [0.1, 0.15) is 0 Å². The molecule has 2 rings (SSSR count). The lowest BCUT2D eigenvalue weighted by molar-refractivity contribution is 0.0925. The van der Waals surface area contributed by atoms with E-state index in [1.165, 1.54) is 0 Å². The molecule has 0 spiro atoms. The summed E-state index contributed by atoms with van der Waals surface area (Å²) < 4.78 is 0. The van der Waals surface area contributed by atoms with Crippen LogP contribution >= 0.6 is 12.4 Å². The lowest BCUT2D eigenvalue weighted by atomic mass is 9.91. The molecular formula is C15H23ClN2O. The Kier molecular flexibility index (Phi) is 5.83. The van der Waals surface area contributed by atoms with E-state index in [1.54, 1.807) is 0 Å². The second-order valence-electron chi connectivity index (χ2n) is 5.40. The Balaban J connectivity index is 0.00000180. The predicted octanol–water partition coefficient (Wildman–Crippen LogP) is 2.72. The van der Waals surface area contributed by atoms with Crippen molar-refractivity contribution in [3.8, 4) is 0 Å². The molecule has 1 fully saturated rings. The van der Waals surface area contributed by atoms with Gasteiger partial charge in [0, 0.05) is 17.6 Å². The smallest absolute Gasteiger partial charge is 0.251 e. The number of halogens is 1. The molecule has 1 aliphatic rings. The number of nitrogens with two attached hydrogens (primary N) is 1. The molecule has 0 atom stereocenters. The van der Waals surface area contributed by atoms with Crippen molar-refractivity contribution in [1.82, 2.24) is 5.32 Å². The number of carbonyl (C=O) groups is 1. The second-order valence-corrected chi connectivity index (χ2v) is 5.40. The quantitative estimate of drug-likeness (QED) is 0.876. The Morgan fingerprint density at radius 1 is 1.21 bits per heavy atom. The van der Waals surface area contributed by atoms with Gasteiger partial charge in [0.05, 0.1) is 0 Å². The highest BCUT2D eigenvalue weighted by molar-refractivity contribution is 5.96. The maximum Gasteiger partial charge on any atom is 0.251 e. The molecule has 3 N–H and O–H groups in total. The first-order chi connectivity index (χ1) is 8.56. The molecule has 0 saturated heterocycles. The second kappa shape index (κ2) is 6.92. The number of aryl methyl sites for hydroxylation is 2. The third kappa shape index (κ3) is 4.22. The van der Waals surface area contributed by atoms with Gasteiger partial charge in [0.15, 0.2) is 0 Å². The Bertz CT molecular complexity index is 440. The van der Waals surface area contributed by atoms with E-state index in [0.717, 1.165) is 42.4 Å². The van der Waals surface area contributed by atoms with E-state index in [-0.39, 0.29) is 24.4 Å². The van der Waals surface area contributed by atoms with Gasteiger partial charge in [-0.3, -0.25) is 4.79 Å². The van der Waals surface area contributed by atoms with E-state index in [4.69, 9.17) is 5.73 Å². The fourth-order valence-corrected chi connectivity index (χ4v) is 2.51. The Hall–Kier alpha value is -1.06. The summed E-state index contributed by atoms with van der Waals surface area (Å²) in [4.78, 5) is 12.2. The van der Waals surface area contributed by atoms with Crippen LogP contribution in [0, 0.1) is 13.8 Å². The van der Waals surface area contributed by atoms with Crippen LogP contribution in [0.25, 0.3) is 0 Å². The summed E-state index contributed by atoms with van der Waals surface area (Å²) in [6, 6.07) is 6.60. The van der Waals surface area contributed by atoms with Gasteiger partial charge >= 0.3 is 0 Å². The Morgan fingerprint density at radius 3 is 2.47 bits per heavy atom. The number of amides is 1. The highest BCUT2D eigenvalue weighted by Crippen LogP contribution is 2.18. The molecule has 1 aromatic rings. The monoisotopic (exact) mass is 282 g/mol. The van der Waals surface area contributed by atoms with Gasteiger partial charge < -0.3 is 11.1 Å². The Morgan fingerprint density at radius 2 is 1.84 bits per heavy atom. The van der Waals surface area contributed by atoms with Crippen molar-refractivity contribution in [3.05, 3.63) is 34.9 Å². The van der Waals surface area contributed by atoms with Crippen LogP contribution in [0.3, 0.4) is 0 Å². The van der Waals surface area contributed by atoms with Gasteiger partial charge in [0.25, 0.3) is 5.91 Å². The van der Waals surface area contributed by atoms with Crippen LogP contribution < -0.4 is 11.1 Å². The van der Waals surface area contributed by atoms with Crippen molar-refractivity contribution in [2.45, 2.75) is 51.6 Å². The third-order valence-electron chi connectivity index (χ3n) is 3.74. The molecule has 19 heavy (non-hydrogen) atoms. The molecule has 0 radical (unpaired) electrons. The molecule has 0 unspecified atom stereocenters. The van der Waals surface area contributed by atoms with Crippen LogP contribution in [0.2, 0.25) is 0 Å². The molecule has 1 amide bonds. The number of nitrogens with one attached hydrogen (secondary N) is 1. The van der Waals surface area contributed by atoms with Crippen LogP contribution in [0.15, 0.2) is 18.2 Å². The van der Waals surface area contributed by atoms with E-state index in [1.807, 2.05) is 32.0 Å². The summed E-state index contributed by atoms with van der Waals surface area (Å²) in [7, 11) is 0. The fraction of sp³-hybridized carbons (Fsp3) is 0.533. The molecular weight excluding hydrogens is 260 g/mol. The van der Waals surface area contributed by atoms with E-state index >= 15 is 0 Å². The highest BCUT2D eigenvalue weighted by atomic mass is 35.5. The van der Waals surface area contributed by atoms with Gasteiger partial charge in [-0.25, -0.2) is 0 Å². The van der Waals surface area contributed by atoms with E-state index in [2.05, 4.69) is 5.32 Å². The van der Waals surface area contributed by atoms with E-state index in [0.29, 0.717) is 6.04 Å². The molecule has 1 aliphatic carbocycles. The van der Waals surface area contributed by atoms with Crippen molar-refractivity contribution in [3.63, 3.8) is 0 Å². The number of carbonyl (C=O) groups excluding carboxylic acids is 1. The molecule has 0 heterocycles. The summed E-state index contributed by atoms with van der Waals surface area (Å²) in [6.07, 6.45) is 4.02. The highest BCUT2D eigenvalue weighted by Gasteiger charge is 2.21. The summed E-state index contributed by atoms with van der Waals surface area (Å²) in [5.41, 5.74) is 8.82. The third-order valence-corrected chi connectivity index (χ3v) is 3.74. The van der Waals surface area contributed by atoms with Crippen LogP contribution in [0.1, 0.15) is 47.2 Å². The lowest BCUT2D eigenvalue weighted by Crippen LogP contribution is -2.40. The number of hydrogen-bond donors (Lipinski definition) is 2. The average Bonchev–Trinajstić information content (AvgIpc) is 2.35. The predicted molar refractivity (Wildman–Crippen MR) is 80.9 cm³/mol. The maximum atomic E-state index is 12.2. The zero-order valence-corrected chi connectivity index (χ0v) is 12.4. The van der Waals surface area contributed by atoms with Crippen molar-refractivity contribution in [2.75, 3.05) is 0 Å². The van der Waals surface area contributed by atoms with E-state index in [9.17, 15) is 4.79 Å². The fourth-order valence-electron chi connectivity index (χ4n) is 2.51. The molecule has 1 saturated carbocycles. The molecule has 0 bridgehead atoms. The summed E-state index contributed by atoms with van der Waals surface area (Å²) >= 11 is 0. The largest absolute Gasteiger partial charge is 0.349 e. The summed E-state index contributed by atoms with van der Waals surface area (Å²) in [5.74, 6) is 0.0525. The molecule has 3 nitrogen and oxygen atoms in total. The topological polar surface area (TPSA) is 55.1 Å². The first-order valence-electron chi connectivity index (χ1n) is 6.70. The SMILES string of the molecule is Cc1ccc(C)c(C(=O)NC2CCC(N)CC2)c1.Cl. The number of hydrogen-bond acceptors (Lipinski definition) is 2. The lowest BCUT2D eigenvalue weighted by Gasteiger charge is -2.27. The molecule has 0 aliphatic heterocycles. The molecule has 4 heteroatoms. The van der Waals surface area contributed by atoms with E-state index < -0.39 is 0 Å². The summed E-state index contributed by atoms with van der Waals surface area (Å²) in [5, 5.41) is 3.13. The van der Waals surface area contributed by atoms with Crippen LogP contribution in [-0.2, 0) is 0 Å². The molecule has 1 aromatic carbocycles. The van der Waals surface area contributed by atoms with Gasteiger partial charge in [-0.15, -0.1) is 12.4 Å². The minimum absolute atomic E-state index is 0.